The molecular weight excluding hydrogens is 225 g/mol. The number of hydrogen-bond donors (Lipinski definition) is 1. The van der Waals surface area contributed by atoms with E-state index in [1.807, 2.05) is 12.1 Å². The van der Waals surface area contributed by atoms with Crippen molar-refractivity contribution < 1.29 is 4.39 Å². The van der Waals surface area contributed by atoms with Gasteiger partial charge in [0.15, 0.2) is 0 Å². The standard InChI is InChI=1S/C16H18FN/c1-12-3-7-15(8-4-12)13(2)18-11-14-5-9-16(17)10-6-14/h3-10,13,18H,11H2,1-2H3/t13-/m1/s1. The van der Waals surface area contributed by atoms with Crippen molar-refractivity contribution in [2.45, 2.75) is 26.4 Å². The van der Waals surface area contributed by atoms with Gasteiger partial charge < -0.3 is 5.32 Å². The molecule has 0 bridgehead atoms. The lowest BCUT2D eigenvalue weighted by atomic mass is 10.1. The SMILES string of the molecule is Cc1ccc([C@@H](C)NCc2ccc(F)cc2)cc1. The van der Waals surface area contributed by atoms with Gasteiger partial charge in [-0.05, 0) is 37.1 Å². The van der Waals surface area contributed by atoms with Gasteiger partial charge >= 0.3 is 0 Å². The first-order valence-corrected chi connectivity index (χ1v) is 6.19. The van der Waals surface area contributed by atoms with Crippen molar-refractivity contribution in [3.63, 3.8) is 0 Å². The predicted molar refractivity (Wildman–Crippen MR) is 72.8 cm³/mol. The lowest BCUT2D eigenvalue weighted by Crippen LogP contribution is -2.17. The van der Waals surface area contributed by atoms with Crippen molar-refractivity contribution in [2.24, 2.45) is 0 Å². The molecule has 1 atom stereocenters. The summed E-state index contributed by atoms with van der Waals surface area (Å²) in [4.78, 5) is 0. The van der Waals surface area contributed by atoms with Crippen LogP contribution in [0.3, 0.4) is 0 Å². The molecule has 0 aliphatic heterocycles. The molecule has 0 aliphatic carbocycles. The zero-order valence-electron chi connectivity index (χ0n) is 10.8. The number of rotatable bonds is 4. The monoisotopic (exact) mass is 243 g/mol. The van der Waals surface area contributed by atoms with Crippen molar-refractivity contribution in [2.75, 3.05) is 0 Å². The van der Waals surface area contributed by atoms with Crippen LogP contribution in [-0.2, 0) is 6.54 Å². The van der Waals surface area contributed by atoms with E-state index in [2.05, 4.69) is 43.4 Å². The van der Waals surface area contributed by atoms with Gasteiger partial charge in [0.2, 0.25) is 0 Å². The van der Waals surface area contributed by atoms with Gasteiger partial charge in [-0.1, -0.05) is 42.0 Å². The Morgan fingerprint density at radius 1 is 1.00 bits per heavy atom. The number of aryl methyl sites for hydroxylation is 1. The molecular formula is C16H18FN. The summed E-state index contributed by atoms with van der Waals surface area (Å²) in [5.74, 6) is -0.190. The average molecular weight is 243 g/mol. The molecule has 0 heterocycles. The zero-order chi connectivity index (χ0) is 13.0. The molecule has 1 nitrogen and oxygen atoms in total. The maximum atomic E-state index is 12.8. The molecule has 2 aromatic rings. The molecule has 0 aromatic heterocycles. The lowest BCUT2D eigenvalue weighted by molar-refractivity contribution is 0.572. The number of hydrogen-bond acceptors (Lipinski definition) is 1. The highest BCUT2D eigenvalue weighted by Crippen LogP contribution is 2.14. The van der Waals surface area contributed by atoms with Crippen molar-refractivity contribution >= 4 is 0 Å². The van der Waals surface area contributed by atoms with Crippen LogP contribution in [0.4, 0.5) is 4.39 Å². The van der Waals surface area contributed by atoms with Crippen molar-refractivity contribution in [3.05, 3.63) is 71.0 Å². The first-order valence-electron chi connectivity index (χ1n) is 6.19. The summed E-state index contributed by atoms with van der Waals surface area (Å²) in [5.41, 5.74) is 3.63. The Kier molecular flexibility index (Phi) is 4.11. The molecule has 1 N–H and O–H groups in total. The molecule has 0 radical (unpaired) electrons. The van der Waals surface area contributed by atoms with Gasteiger partial charge in [-0.25, -0.2) is 4.39 Å². The fraction of sp³-hybridized carbons (Fsp3) is 0.250. The largest absolute Gasteiger partial charge is 0.306 e. The topological polar surface area (TPSA) is 12.0 Å². The van der Waals surface area contributed by atoms with Crippen LogP contribution < -0.4 is 5.32 Å². The van der Waals surface area contributed by atoms with Crippen LogP contribution in [0.15, 0.2) is 48.5 Å². The molecule has 2 heteroatoms. The van der Waals surface area contributed by atoms with Crippen molar-refractivity contribution in [3.8, 4) is 0 Å². The Labute approximate surface area is 108 Å². The van der Waals surface area contributed by atoms with E-state index in [-0.39, 0.29) is 11.9 Å². The average Bonchev–Trinajstić information content (AvgIpc) is 2.38. The van der Waals surface area contributed by atoms with Crippen LogP contribution in [0, 0.1) is 12.7 Å². The third-order valence-corrected chi connectivity index (χ3v) is 3.10. The van der Waals surface area contributed by atoms with Crippen LogP contribution in [-0.4, -0.2) is 0 Å². The lowest BCUT2D eigenvalue weighted by Gasteiger charge is -2.14. The summed E-state index contributed by atoms with van der Waals surface area (Å²) in [6.45, 7) is 4.96. The summed E-state index contributed by atoms with van der Waals surface area (Å²) < 4.78 is 12.8. The summed E-state index contributed by atoms with van der Waals surface area (Å²) in [7, 11) is 0. The second-order valence-corrected chi connectivity index (χ2v) is 4.64. The molecule has 0 fully saturated rings. The van der Waals surface area contributed by atoms with E-state index in [4.69, 9.17) is 0 Å². The molecule has 0 saturated heterocycles. The second kappa shape index (κ2) is 5.78. The highest BCUT2D eigenvalue weighted by atomic mass is 19.1. The van der Waals surface area contributed by atoms with E-state index < -0.39 is 0 Å². The van der Waals surface area contributed by atoms with E-state index in [9.17, 15) is 4.39 Å². The quantitative estimate of drug-likeness (QED) is 0.856. The molecule has 18 heavy (non-hydrogen) atoms. The van der Waals surface area contributed by atoms with Crippen molar-refractivity contribution in [1.82, 2.24) is 5.32 Å². The second-order valence-electron chi connectivity index (χ2n) is 4.64. The van der Waals surface area contributed by atoms with Crippen LogP contribution in [0.2, 0.25) is 0 Å². The molecule has 0 aliphatic rings. The van der Waals surface area contributed by atoms with Crippen molar-refractivity contribution in [1.29, 1.82) is 0 Å². The molecule has 94 valence electrons. The highest BCUT2D eigenvalue weighted by molar-refractivity contribution is 5.24. The van der Waals surface area contributed by atoms with Gasteiger partial charge in [-0.2, -0.15) is 0 Å². The third-order valence-electron chi connectivity index (χ3n) is 3.10. The summed E-state index contributed by atoms with van der Waals surface area (Å²) >= 11 is 0. The number of nitrogens with one attached hydrogen (secondary N) is 1. The fourth-order valence-electron chi connectivity index (χ4n) is 1.85. The molecule has 2 rings (SSSR count). The first kappa shape index (κ1) is 12.8. The van der Waals surface area contributed by atoms with E-state index in [0.29, 0.717) is 0 Å². The van der Waals surface area contributed by atoms with Crippen LogP contribution in [0.1, 0.15) is 29.7 Å². The molecule has 0 saturated carbocycles. The van der Waals surface area contributed by atoms with Crippen LogP contribution in [0.25, 0.3) is 0 Å². The fourth-order valence-corrected chi connectivity index (χ4v) is 1.85. The number of benzene rings is 2. The Hall–Kier alpha value is -1.67. The Morgan fingerprint density at radius 3 is 2.22 bits per heavy atom. The zero-order valence-corrected chi connectivity index (χ0v) is 10.8. The smallest absolute Gasteiger partial charge is 0.123 e. The maximum Gasteiger partial charge on any atom is 0.123 e. The van der Waals surface area contributed by atoms with Gasteiger partial charge in [0, 0.05) is 12.6 Å². The van der Waals surface area contributed by atoms with Gasteiger partial charge in [-0.15, -0.1) is 0 Å². The summed E-state index contributed by atoms with van der Waals surface area (Å²) in [5, 5.41) is 3.43. The Morgan fingerprint density at radius 2 is 1.61 bits per heavy atom. The first-order chi connectivity index (χ1) is 8.65. The summed E-state index contributed by atoms with van der Waals surface area (Å²) in [6.07, 6.45) is 0. The normalized spacial score (nSPS) is 12.4. The Bertz CT molecular complexity index is 488. The van der Waals surface area contributed by atoms with Crippen LogP contribution in [0.5, 0.6) is 0 Å². The third kappa shape index (κ3) is 3.41. The minimum atomic E-state index is -0.190. The molecule has 0 amide bonds. The van der Waals surface area contributed by atoms with E-state index in [0.717, 1.165) is 12.1 Å². The predicted octanol–water partition coefficient (Wildman–Crippen LogP) is 3.98. The van der Waals surface area contributed by atoms with Gasteiger partial charge in [-0.3, -0.25) is 0 Å². The van der Waals surface area contributed by atoms with E-state index >= 15 is 0 Å². The molecule has 0 unspecified atom stereocenters. The number of halogens is 1. The van der Waals surface area contributed by atoms with E-state index in [1.54, 1.807) is 0 Å². The maximum absolute atomic E-state index is 12.8. The molecule has 0 spiro atoms. The van der Waals surface area contributed by atoms with Gasteiger partial charge in [0.25, 0.3) is 0 Å². The van der Waals surface area contributed by atoms with Gasteiger partial charge in [0.05, 0.1) is 0 Å². The summed E-state index contributed by atoms with van der Waals surface area (Å²) in [6, 6.07) is 15.4. The minimum Gasteiger partial charge on any atom is -0.306 e. The van der Waals surface area contributed by atoms with Crippen LogP contribution >= 0.6 is 0 Å². The highest BCUT2D eigenvalue weighted by Gasteiger charge is 2.04. The Balaban J connectivity index is 1.93. The van der Waals surface area contributed by atoms with Gasteiger partial charge in [0.1, 0.15) is 5.82 Å². The molecule has 2 aromatic carbocycles. The minimum absolute atomic E-state index is 0.190. The van der Waals surface area contributed by atoms with E-state index in [1.165, 1.54) is 23.3 Å².